The maximum atomic E-state index is 14.7. The second kappa shape index (κ2) is 6.02. The van der Waals surface area contributed by atoms with Crippen LogP contribution in [0.4, 0.5) is 18.9 Å². The highest BCUT2D eigenvalue weighted by Crippen LogP contribution is 2.39. The third-order valence-electron chi connectivity index (χ3n) is 4.46. The number of hydrogen-bond donors (Lipinski definition) is 0. The summed E-state index contributed by atoms with van der Waals surface area (Å²) in [4.78, 5) is 10.3. The Balaban J connectivity index is 2.23. The van der Waals surface area contributed by atoms with Crippen molar-refractivity contribution in [2.45, 2.75) is 32.9 Å². The van der Waals surface area contributed by atoms with E-state index in [0.717, 1.165) is 0 Å². The van der Waals surface area contributed by atoms with E-state index in [-0.39, 0.29) is 10.7 Å². The molecular formula is C18H17ClF3N3. The van der Waals surface area contributed by atoms with Crippen molar-refractivity contribution >= 4 is 23.0 Å². The van der Waals surface area contributed by atoms with Gasteiger partial charge in [-0.2, -0.15) is 0 Å². The monoisotopic (exact) mass is 367 g/mol. The zero-order valence-electron chi connectivity index (χ0n) is 14.2. The molecule has 3 rings (SSSR count). The summed E-state index contributed by atoms with van der Waals surface area (Å²) in [5.74, 6) is -0.531. The van der Waals surface area contributed by atoms with Crippen LogP contribution in [0.2, 0.25) is 5.02 Å². The largest absolute Gasteiger partial charge is 0.348 e. The van der Waals surface area contributed by atoms with Crippen molar-refractivity contribution in [3.05, 3.63) is 57.6 Å². The minimum Gasteiger partial charge on any atom is -0.348 e. The van der Waals surface area contributed by atoms with E-state index in [0.29, 0.717) is 28.1 Å². The number of aryl methyl sites for hydroxylation is 1. The Morgan fingerprint density at radius 1 is 1.24 bits per heavy atom. The van der Waals surface area contributed by atoms with Crippen LogP contribution in [0, 0.1) is 12.7 Å². The molecule has 0 saturated heterocycles. The number of halogens is 4. The molecule has 0 saturated carbocycles. The third kappa shape index (κ3) is 2.88. The van der Waals surface area contributed by atoms with Gasteiger partial charge in [0, 0.05) is 24.4 Å². The molecule has 0 amide bonds. The Kier molecular flexibility index (Phi) is 4.27. The molecule has 2 aromatic rings. The summed E-state index contributed by atoms with van der Waals surface area (Å²) in [6, 6.07) is 4.75. The van der Waals surface area contributed by atoms with E-state index in [1.54, 1.807) is 31.0 Å². The predicted molar refractivity (Wildman–Crippen MR) is 93.5 cm³/mol. The summed E-state index contributed by atoms with van der Waals surface area (Å²) in [5.41, 5.74) is 1.31. The van der Waals surface area contributed by atoms with Gasteiger partial charge >= 0.3 is 0 Å². The zero-order valence-corrected chi connectivity index (χ0v) is 15.0. The molecule has 0 radical (unpaired) electrons. The quantitative estimate of drug-likeness (QED) is 0.735. The smallest absolute Gasteiger partial charge is 0.280 e. The SMILES string of the molecule is Cc1cc(C2=NC(C)(C)N(C)c3c2ccc(Cl)c3F)cnc1C(F)F. The minimum atomic E-state index is -2.64. The summed E-state index contributed by atoms with van der Waals surface area (Å²) < 4.78 is 40.6. The molecule has 25 heavy (non-hydrogen) atoms. The summed E-state index contributed by atoms with van der Waals surface area (Å²) >= 11 is 5.94. The first-order chi connectivity index (χ1) is 11.6. The standard InChI is InChI=1S/C18H17ClF3N3/c1-9-7-10(8-23-14(9)17(21)22)15-11-5-6-12(19)13(20)16(11)25(4)18(2,3)24-15/h5-8,17H,1-4H3. The Morgan fingerprint density at radius 2 is 1.92 bits per heavy atom. The van der Waals surface area contributed by atoms with Crippen LogP contribution in [-0.4, -0.2) is 23.4 Å². The van der Waals surface area contributed by atoms with Gasteiger partial charge in [0.1, 0.15) is 11.4 Å². The molecule has 0 bridgehead atoms. The van der Waals surface area contributed by atoms with Crippen LogP contribution < -0.4 is 4.90 Å². The van der Waals surface area contributed by atoms with Crippen LogP contribution in [0.15, 0.2) is 29.4 Å². The predicted octanol–water partition coefficient (Wildman–Crippen LogP) is 5.14. The van der Waals surface area contributed by atoms with Crippen molar-refractivity contribution < 1.29 is 13.2 Å². The molecule has 0 atom stereocenters. The second-order valence-electron chi connectivity index (χ2n) is 6.50. The van der Waals surface area contributed by atoms with Crippen LogP contribution >= 0.6 is 11.6 Å². The zero-order chi connectivity index (χ0) is 18.5. The Hall–Kier alpha value is -2.08. The maximum absolute atomic E-state index is 14.7. The van der Waals surface area contributed by atoms with Crippen molar-refractivity contribution in [3.8, 4) is 0 Å². The van der Waals surface area contributed by atoms with Gasteiger partial charge in [0.15, 0.2) is 5.82 Å². The Morgan fingerprint density at radius 3 is 2.52 bits per heavy atom. The highest BCUT2D eigenvalue weighted by molar-refractivity contribution is 6.31. The number of hydrogen-bond acceptors (Lipinski definition) is 3. The molecule has 1 aromatic carbocycles. The lowest BCUT2D eigenvalue weighted by Gasteiger charge is -2.40. The van der Waals surface area contributed by atoms with E-state index in [1.165, 1.54) is 12.3 Å². The molecule has 0 fully saturated rings. The van der Waals surface area contributed by atoms with Gasteiger partial charge in [0.05, 0.1) is 16.4 Å². The Bertz CT molecular complexity index is 878. The summed E-state index contributed by atoms with van der Waals surface area (Å²) in [5, 5.41) is 0.0185. The molecule has 7 heteroatoms. The number of aromatic nitrogens is 1. The van der Waals surface area contributed by atoms with E-state index in [1.807, 2.05) is 13.8 Å². The normalized spacial score (nSPS) is 16.0. The topological polar surface area (TPSA) is 28.5 Å². The number of rotatable bonds is 2. The first-order valence-corrected chi connectivity index (χ1v) is 8.08. The van der Waals surface area contributed by atoms with Gasteiger partial charge < -0.3 is 4.90 Å². The van der Waals surface area contributed by atoms with Gasteiger partial charge in [-0.3, -0.25) is 9.98 Å². The van der Waals surface area contributed by atoms with Crippen molar-refractivity contribution in [1.29, 1.82) is 0 Å². The molecule has 3 nitrogen and oxygen atoms in total. The maximum Gasteiger partial charge on any atom is 0.280 e. The highest BCUT2D eigenvalue weighted by Gasteiger charge is 2.35. The summed E-state index contributed by atoms with van der Waals surface area (Å²) in [6.45, 7) is 5.25. The first-order valence-electron chi connectivity index (χ1n) is 7.70. The van der Waals surface area contributed by atoms with Crippen LogP contribution in [0.5, 0.6) is 0 Å². The lowest BCUT2D eigenvalue weighted by molar-refractivity contribution is 0.145. The van der Waals surface area contributed by atoms with E-state index >= 15 is 0 Å². The average Bonchev–Trinajstić information content (AvgIpc) is 2.53. The van der Waals surface area contributed by atoms with Crippen molar-refractivity contribution in [1.82, 2.24) is 4.98 Å². The fraction of sp³-hybridized carbons (Fsp3) is 0.333. The number of pyridine rings is 1. The summed E-state index contributed by atoms with van der Waals surface area (Å²) in [7, 11) is 1.74. The van der Waals surface area contributed by atoms with Gasteiger partial charge in [0.25, 0.3) is 6.43 Å². The molecule has 0 aliphatic carbocycles. The lowest BCUT2D eigenvalue weighted by atomic mass is 9.95. The van der Waals surface area contributed by atoms with Gasteiger partial charge in [-0.15, -0.1) is 0 Å². The summed E-state index contributed by atoms with van der Waals surface area (Å²) in [6.07, 6.45) is -1.29. The number of nitrogens with zero attached hydrogens (tertiary/aromatic N) is 3. The Labute approximate surface area is 149 Å². The van der Waals surface area contributed by atoms with E-state index < -0.39 is 17.9 Å². The third-order valence-corrected chi connectivity index (χ3v) is 4.76. The molecule has 0 spiro atoms. The fourth-order valence-corrected chi connectivity index (χ4v) is 3.06. The minimum absolute atomic E-state index is 0.0185. The molecular weight excluding hydrogens is 351 g/mol. The number of anilines is 1. The molecule has 1 aliphatic rings. The van der Waals surface area contributed by atoms with Crippen LogP contribution in [0.3, 0.4) is 0 Å². The van der Waals surface area contributed by atoms with Crippen LogP contribution in [-0.2, 0) is 0 Å². The number of alkyl halides is 2. The molecule has 132 valence electrons. The van der Waals surface area contributed by atoms with Crippen molar-refractivity contribution in [2.75, 3.05) is 11.9 Å². The molecule has 0 unspecified atom stereocenters. The van der Waals surface area contributed by atoms with E-state index in [9.17, 15) is 13.2 Å². The highest BCUT2D eigenvalue weighted by atomic mass is 35.5. The molecule has 0 N–H and O–H groups in total. The average molecular weight is 368 g/mol. The van der Waals surface area contributed by atoms with Gasteiger partial charge in [0.2, 0.25) is 0 Å². The van der Waals surface area contributed by atoms with Gasteiger partial charge in [-0.25, -0.2) is 13.2 Å². The molecule has 1 aromatic heterocycles. The number of fused-ring (bicyclic) bond motifs is 1. The van der Waals surface area contributed by atoms with E-state index in [2.05, 4.69) is 4.98 Å². The molecule has 2 heterocycles. The lowest BCUT2D eigenvalue weighted by Crippen LogP contribution is -2.44. The van der Waals surface area contributed by atoms with Crippen molar-refractivity contribution in [2.24, 2.45) is 4.99 Å². The van der Waals surface area contributed by atoms with Crippen LogP contribution in [0.1, 0.15) is 42.7 Å². The second-order valence-corrected chi connectivity index (χ2v) is 6.91. The fourth-order valence-electron chi connectivity index (χ4n) is 2.90. The van der Waals surface area contributed by atoms with Gasteiger partial charge in [-0.1, -0.05) is 11.6 Å². The number of aliphatic imine (C=N–C) groups is 1. The first kappa shape index (κ1) is 17.7. The molecule has 1 aliphatic heterocycles. The van der Waals surface area contributed by atoms with Crippen LogP contribution in [0.25, 0.3) is 0 Å². The van der Waals surface area contributed by atoms with Crippen molar-refractivity contribution in [3.63, 3.8) is 0 Å². The van der Waals surface area contributed by atoms with E-state index in [4.69, 9.17) is 16.6 Å². The van der Waals surface area contributed by atoms with Gasteiger partial charge in [-0.05, 0) is 44.5 Å². The number of benzene rings is 1.